The smallest absolute Gasteiger partial charge is 0.336 e. The molecule has 0 aliphatic rings. The van der Waals surface area contributed by atoms with Crippen molar-refractivity contribution in [1.82, 2.24) is 14.8 Å². The van der Waals surface area contributed by atoms with Crippen LogP contribution >= 0.6 is 0 Å². The number of rotatable bonds is 3. The first kappa shape index (κ1) is 13.1. The predicted molar refractivity (Wildman–Crippen MR) is 80.8 cm³/mol. The van der Waals surface area contributed by atoms with E-state index in [1.807, 2.05) is 37.5 Å². The highest BCUT2D eigenvalue weighted by Crippen LogP contribution is 2.19. The highest BCUT2D eigenvalue weighted by Gasteiger charge is 2.10. The van der Waals surface area contributed by atoms with Gasteiger partial charge in [0.25, 0.3) is 0 Å². The van der Waals surface area contributed by atoms with Gasteiger partial charge < -0.3 is 5.11 Å². The molecular formula is C16H13N3O2. The Morgan fingerprint density at radius 2 is 2.10 bits per heavy atom. The Balaban J connectivity index is 2.07. The average molecular weight is 279 g/mol. The lowest BCUT2D eigenvalue weighted by Gasteiger charge is -2.03. The van der Waals surface area contributed by atoms with Gasteiger partial charge in [-0.1, -0.05) is 18.2 Å². The number of aromatic nitrogens is 3. The van der Waals surface area contributed by atoms with E-state index in [9.17, 15) is 9.90 Å². The first-order valence-electron chi connectivity index (χ1n) is 6.43. The molecule has 0 aliphatic carbocycles. The van der Waals surface area contributed by atoms with Crippen molar-refractivity contribution >= 4 is 29.0 Å². The number of carbonyl (C=O) groups is 1. The van der Waals surface area contributed by atoms with Crippen LogP contribution in [0, 0.1) is 0 Å². The summed E-state index contributed by atoms with van der Waals surface area (Å²) in [5.41, 5.74) is 2.47. The van der Waals surface area contributed by atoms with Crippen LogP contribution in [-0.4, -0.2) is 25.8 Å². The SMILES string of the molecule is Cn1cc(C=Cc2cc(C(=O)O)c3ccccc3n2)cn1. The summed E-state index contributed by atoms with van der Waals surface area (Å²) in [5.74, 6) is -0.954. The number of hydrogen-bond donors (Lipinski definition) is 1. The lowest BCUT2D eigenvalue weighted by atomic mass is 10.1. The minimum atomic E-state index is -0.954. The Hall–Kier alpha value is -2.95. The molecule has 0 saturated carbocycles. The standard InChI is InChI=1S/C16H13N3O2/c1-19-10-11(9-17-19)6-7-12-8-14(16(20)21)13-4-2-3-5-15(13)18-12/h2-10H,1H3,(H,20,21). The molecule has 0 spiro atoms. The molecule has 0 fully saturated rings. The molecule has 1 N–H and O–H groups in total. The second kappa shape index (κ2) is 5.20. The highest BCUT2D eigenvalue weighted by molar-refractivity contribution is 6.03. The molecule has 2 heterocycles. The number of aryl methyl sites for hydroxylation is 1. The Bertz CT molecular complexity index is 850. The molecule has 3 rings (SSSR count). The fourth-order valence-electron chi connectivity index (χ4n) is 2.17. The number of fused-ring (bicyclic) bond motifs is 1. The van der Waals surface area contributed by atoms with Crippen molar-refractivity contribution in [3.63, 3.8) is 0 Å². The van der Waals surface area contributed by atoms with Gasteiger partial charge in [0.2, 0.25) is 0 Å². The molecule has 0 saturated heterocycles. The average Bonchev–Trinajstić information content (AvgIpc) is 2.89. The first-order valence-corrected chi connectivity index (χ1v) is 6.43. The van der Waals surface area contributed by atoms with Crippen molar-refractivity contribution in [2.75, 3.05) is 0 Å². The van der Waals surface area contributed by atoms with Crippen LogP contribution in [0.5, 0.6) is 0 Å². The number of nitrogens with zero attached hydrogens (tertiary/aromatic N) is 3. The Kier molecular flexibility index (Phi) is 3.23. The van der Waals surface area contributed by atoms with Gasteiger partial charge in [0.1, 0.15) is 0 Å². The molecule has 0 unspecified atom stereocenters. The summed E-state index contributed by atoms with van der Waals surface area (Å²) in [5, 5.41) is 14.0. The van der Waals surface area contributed by atoms with E-state index >= 15 is 0 Å². The van der Waals surface area contributed by atoms with Crippen LogP contribution in [0.25, 0.3) is 23.1 Å². The predicted octanol–water partition coefficient (Wildman–Crippen LogP) is 2.84. The van der Waals surface area contributed by atoms with Crippen molar-refractivity contribution in [3.8, 4) is 0 Å². The highest BCUT2D eigenvalue weighted by atomic mass is 16.4. The van der Waals surface area contributed by atoms with E-state index in [0.29, 0.717) is 16.6 Å². The van der Waals surface area contributed by atoms with Gasteiger partial charge in [0.05, 0.1) is 23.0 Å². The minimum Gasteiger partial charge on any atom is -0.478 e. The third-order valence-electron chi connectivity index (χ3n) is 3.14. The van der Waals surface area contributed by atoms with E-state index in [1.54, 1.807) is 29.1 Å². The van der Waals surface area contributed by atoms with Gasteiger partial charge in [-0.2, -0.15) is 5.10 Å². The lowest BCUT2D eigenvalue weighted by molar-refractivity contribution is 0.0699. The summed E-state index contributed by atoms with van der Waals surface area (Å²) in [6, 6.07) is 8.80. The maximum absolute atomic E-state index is 11.4. The summed E-state index contributed by atoms with van der Waals surface area (Å²) in [6.07, 6.45) is 7.25. The fraction of sp³-hybridized carbons (Fsp3) is 0.0625. The van der Waals surface area contributed by atoms with Crippen molar-refractivity contribution in [2.24, 2.45) is 7.05 Å². The number of hydrogen-bond acceptors (Lipinski definition) is 3. The fourth-order valence-corrected chi connectivity index (χ4v) is 2.17. The molecule has 3 aromatic rings. The van der Waals surface area contributed by atoms with Crippen LogP contribution in [0.2, 0.25) is 0 Å². The molecule has 104 valence electrons. The zero-order valence-electron chi connectivity index (χ0n) is 11.4. The molecule has 0 aliphatic heterocycles. The second-order valence-electron chi connectivity index (χ2n) is 4.70. The van der Waals surface area contributed by atoms with E-state index in [4.69, 9.17) is 0 Å². The normalized spacial score (nSPS) is 11.3. The summed E-state index contributed by atoms with van der Waals surface area (Å²) in [6.45, 7) is 0. The van der Waals surface area contributed by atoms with E-state index in [2.05, 4.69) is 10.1 Å². The number of aromatic carboxylic acids is 1. The van der Waals surface area contributed by atoms with E-state index in [1.165, 1.54) is 0 Å². The van der Waals surface area contributed by atoms with Gasteiger partial charge in [0, 0.05) is 24.2 Å². The maximum Gasteiger partial charge on any atom is 0.336 e. The third kappa shape index (κ3) is 2.67. The minimum absolute atomic E-state index is 0.256. The Morgan fingerprint density at radius 3 is 2.81 bits per heavy atom. The van der Waals surface area contributed by atoms with Crippen molar-refractivity contribution in [3.05, 3.63) is 59.5 Å². The van der Waals surface area contributed by atoms with E-state index < -0.39 is 5.97 Å². The molecule has 5 heteroatoms. The van der Waals surface area contributed by atoms with Gasteiger partial charge in [-0.25, -0.2) is 9.78 Å². The largest absolute Gasteiger partial charge is 0.478 e. The monoisotopic (exact) mass is 279 g/mol. The second-order valence-corrected chi connectivity index (χ2v) is 4.70. The number of carboxylic acid groups (broad SMARTS) is 1. The van der Waals surface area contributed by atoms with Gasteiger partial charge in [-0.15, -0.1) is 0 Å². The van der Waals surface area contributed by atoms with E-state index in [0.717, 1.165) is 5.56 Å². The zero-order valence-corrected chi connectivity index (χ0v) is 11.4. The quantitative estimate of drug-likeness (QED) is 0.800. The van der Waals surface area contributed by atoms with Crippen LogP contribution in [0.1, 0.15) is 21.6 Å². The Morgan fingerprint density at radius 1 is 1.29 bits per heavy atom. The molecular weight excluding hydrogens is 266 g/mol. The number of pyridine rings is 1. The number of carboxylic acids is 1. The number of para-hydroxylation sites is 1. The molecule has 0 bridgehead atoms. The summed E-state index contributed by atoms with van der Waals surface area (Å²) < 4.78 is 1.70. The molecule has 2 aromatic heterocycles. The molecule has 0 radical (unpaired) electrons. The van der Waals surface area contributed by atoms with Crippen LogP contribution in [0.4, 0.5) is 0 Å². The van der Waals surface area contributed by atoms with Gasteiger partial charge >= 0.3 is 5.97 Å². The molecule has 1 aromatic carbocycles. The molecule has 21 heavy (non-hydrogen) atoms. The van der Waals surface area contributed by atoms with Crippen LogP contribution in [0.3, 0.4) is 0 Å². The lowest BCUT2D eigenvalue weighted by Crippen LogP contribution is -2.00. The van der Waals surface area contributed by atoms with Gasteiger partial charge in [0.15, 0.2) is 0 Å². The van der Waals surface area contributed by atoms with Crippen LogP contribution in [0.15, 0.2) is 42.7 Å². The van der Waals surface area contributed by atoms with Crippen molar-refractivity contribution < 1.29 is 9.90 Å². The van der Waals surface area contributed by atoms with Gasteiger partial charge in [-0.3, -0.25) is 4.68 Å². The zero-order chi connectivity index (χ0) is 14.8. The van der Waals surface area contributed by atoms with Crippen LogP contribution < -0.4 is 0 Å². The molecule has 0 atom stereocenters. The van der Waals surface area contributed by atoms with Gasteiger partial charge in [-0.05, 0) is 24.3 Å². The summed E-state index contributed by atoms with van der Waals surface area (Å²) >= 11 is 0. The summed E-state index contributed by atoms with van der Waals surface area (Å²) in [7, 11) is 1.84. The molecule has 0 amide bonds. The van der Waals surface area contributed by atoms with Crippen molar-refractivity contribution in [1.29, 1.82) is 0 Å². The molecule has 5 nitrogen and oxygen atoms in total. The number of benzene rings is 1. The maximum atomic E-state index is 11.4. The first-order chi connectivity index (χ1) is 10.1. The van der Waals surface area contributed by atoms with Crippen molar-refractivity contribution in [2.45, 2.75) is 0 Å². The Labute approximate surface area is 121 Å². The van der Waals surface area contributed by atoms with E-state index in [-0.39, 0.29) is 5.56 Å². The summed E-state index contributed by atoms with van der Waals surface area (Å²) in [4.78, 5) is 15.8. The third-order valence-corrected chi connectivity index (χ3v) is 3.14. The van der Waals surface area contributed by atoms with Crippen LogP contribution in [-0.2, 0) is 7.05 Å². The topological polar surface area (TPSA) is 68.0 Å².